The first-order valence-corrected chi connectivity index (χ1v) is 4.54. The van der Waals surface area contributed by atoms with E-state index in [9.17, 15) is 22.4 Å². The lowest BCUT2D eigenvalue weighted by atomic mass is 10.3. The SMILES string of the molecule is O=c1cc(C(F)(F)F)[nH]n1-c1ccccc1F. The summed E-state index contributed by atoms with van der Waals surface area (Å²) < 4.78 is 50.8. The van der Waals surface area contributed by atoms with E-state index >= 15 is 0 Å². The van der Waals surface area contributed by atoms with Gasteiger partial charge in [0.15, 0.2) is 0 Å². The molecule has 0 aliphatic rings. The van der Waals surface area contributed by atoms with Gasteiger partial charge in [-0.05, 0) is 12.1 Å². The van der Waals surface area contributed by atoms with Gasteiger partial charge < -0.3 is 0 Å². The predicted octanol–water partition coefficient (Wildman–Crippen LogP) is 2.32. The van der Waals surface area contributed by atoms with Gasteiger partial charge in [-0.1, -0.05) is 12.1 Å². The zero-order valence-electron chi connectivity index (χ0n) is 8.25. The molecule has 0 amide bonds. The smallest absolute Gasteiger partial charge is 0.286 e. The summed E-state index contributed by atoms with van der Waals surface area (Å²) in [4.78, 5) is 11.3. The second kappa shape index (κ2) is 3.76. The average molecular weight is 246 g/mol. The molecule has 0 unspecified atom stereocenters. The maximum absolute atomic E-state index is 13.3. The summed E-state index contributed by atoms with van der Waals surface area (Å²) in [7, 11) is 0. The second-order valence-electron chi connectivity index (χ2n) is 3.29. The number of alkyl halides is 3. The molecule has 0 aliphatic heterocycles. The molecule has 17 heavy (non-hydrogen) atoms. The lowest BCUT2D eigenvalue weighted by Gasteiger charge is -2.04. The Hall–Kier alpha value is -2.05. The Bertz CT molecular complexity index is 597. The van der Waals surface area contributed by atoms with Crippen molar-refractivity contribution in [1.29, 1.82) is 0 Å². The van der Waals surface area contributed by atoms with Crippen molar-refractivity contribution in [3.63, 3.8) is 0 Å². The number of nitrogens with zero attached hydrogens (tertiary/aromatic N) is 1. The van der Waals surface area contributed by atoms with Crippen molar-refractivity contribution in [2.75, 3.05) is 0 Å². The molecular weight excluding hydrogens is 240 g/mol. The third kappa shape index (κ3) is 2.08. The summed E-state index contributed by atoms with van der Waals surface area (Å²) in [6.45, 7) is 0. The fourth-order valence-corrected chi connectivity index (χ4v) is 1.35. The monoisotopic (exact) mass is 246 g/mol. The summed E-state index contributed by atoms with van der Waals surface area (Å²) in [6, 6.07) is 5.42. The first-order valence-electron chi connectivity index (χ1n) is 4.54. The molecule has 2 rings (SSSR count). The predicted molar refractivity (Wildman–Crippen MR) is 51.3 cm³/mol. The van der Waals surface area contributed by atoms with Crippen LogP contribution in [0.3, 0.4) is 0 Å². The van der Waals surface area contributed by atoms with Crippen LogP contribution in [0.15, 0.2) is 35.1 Å². The summed E-state index contributed by atoms with van der Waals surface area (Å²) in [5.74, 6) is -0.787. The molecule has 0 bridgehead atoms. The topological polar surface area (TPSA) is 37.8 Å². The number of nitrogens with one attached hydrogen (secondary N) is 1. The van der Waals surface area contributed by atoms with E-state index in [0.717, 1.165) is 6.07 Å². The maximum Gasteiger partial charge on any atom is 0.432 e. The first-order chi connectivity index (χ1) is 7.89. The van der Waals surface area contributed by atoms with Crippen LogP contribution in [0.2, 0.25) is 0 Å². The summed E-state index contributed by atoms with van der Waals surface area (Å²) in [5, 5.41) is 1.82. The lowest BCUT2D eigenvalue weighted by molar-refractivity contribution is -0.141. The zero-order valence-corrected chi connectivity index (χ0v) is 8.25. The Morgan fingerprint density at radius 2 is 1.82 bits per heavy atom. The third-order valence-corrected chi connectivity index (χ3v) is 2.12. The fourth-order valence-electron chi connectivity index (χ4n) is 1.35. The first kappa shape index (κ1) is 11.4. The van der Waals surface area contributed by atoms with Gasteiger partial charge in [-0.15, -0.1) is 0 Å². The lowest BCUT2D eigenvalue weighted by Crippen LogP contribution is -2.15. The van der Waals surface area contributed by atoms with Crippen molar-refractivity contribution < 1.29 is 17.6 Å². The Labute approximate surface area is 92.3 Å². The van der Waals surface area contributed by atoms with E-state index in [0.29, 0.717) is 10.7 Å². The largest absolute Gasteiger partial charge is 0.432 e. The number of rotatable bonds is 1. The third-order valence-electron chi connectivity index (χ3n) is 2.12. The number of aromatic amines is 1. The van der Waals surface area contributed by atoms with Crippen LogP contribution in [0.1, 0.15) is 5.69 Å². The molecule has 0 fully saturated rings. The van der Waals surface area contributed by atoms with Gasteiger partial charge in [0.25, 0.3) is 5.56 Å². The van der Waals surface area contributed by atoms with Crippen molar-refractivity contribution in [2.45, 2.75) is 6.18 Å². The molecule has 1 aromatic heterocycles. The number of H-pyrrole nitrogens is 1. The quantitative estimate of drug-likeness (QED) is 0.770. The minimum absolute atomic E-state index is 0.256. The van der Waals surface area contributed by atoms with E-state index in [4.69, 9.17) is 0 Å². The van der Waals surface area contributed by atoms with Crippen molar-refractivity contribution in [2.24, 2.45) is 0 Å². The average Bonchev–Trinajstić information content (AvgIpc) is 2.61. The standard InChI is InChI=1S/C10H6F4N2O/c11-6-3-1-2-4-7(6)16-9(17)5-8(15-16)10(12,13)14/h1-5,15H. The van der Waals surface area contributed by atoms with Crippen molar-refractivity contribution in [3.8, 4) is 5.69 Å². The fraction of sp³-hybridized carbons (Fsp3) is 0.100. The highest BCUT2D eigenvalue weighted by Crippen LogP contribution is 2.26. The van der Waals surface area contributed by atoms with Gasteiger partial charge >= 0.3 is 6.18 Å². The van der Waals surface area contributed by atoms with Crippen molar-refractivity contribution >= 4 is 0 Å². The van der Waals surface area contributed by atoms with Crippen LogP contribution in [0.5, 0.6) is 0 Å². The molecule has 0 atom stereocenters. The maximum atomic E-state index is 13.3. The van der Waals surface area contributed by atoms with Crippen LogP contribution in [0.4, 0.5) is 17.6 Å². The van der Waals surface area contributed by atoms with E-state index in [-0.39, 0.29) is 5.69 Å². The molecule has 0 spiro atoms. The molecule has 90 valence electrons. The van der Waals surface area contributed by atoms with Gasteiger partial charge in [-0.3, -0.25) is 9.89 Å². The highest BCUT2D eigenvalue weighted by Gasteiger charge is 2.33. The number of para-hydroxylation sites is 1. The van der Waals surface area contributed by atoms with Crippen LogP contribution >= 0.6 is 0 Å². The summed E-state index contributed by atoms with van der Waals surface area (Å²) in [6.07, 6.45) is -4.67. The molecular formula is C10H6F4N2O. The highest BCUT2D eigenvalue weighted by molar-refractivity contribution is 5.32. The van der Waals surface area contributed by atoms with Gasteiger partial charge in [-0.25, -0.2) is 9.07 Å². The molecule has 2 aromatic rings. The second-order valence-corrected chi connectivity index (χ2v) is 3.29. The normalized spacial score (nSPS) is 11.8. The van der Waals surface area contributed by atoms with E-state index in [1.54, 1.807) is 0 Å². The number of hydrogen-bond donors (Lipinski definition) is 1. The van der Waals surface area contributed by atoms with E-state index in [2.05, 4.69) is 0 Å². The molecule has 1 N–H and O–H groups in total. The van der Waals surface area contributed by atoms with E-state index in [1.165, 1.54) is 18.2 Å². The van der Waals surface area contributed by atoms with Gasteiger partial charge in [-0.2, -0.15) is 13.2 Å². The molecule has 7 heteroatoms. The van der Waals surface area contributed by atoms with E-state index in [1.807, 2.05) is 5.10 Å². The highest BCUT2D eigenvalue weighted by atomic mass is 19.4. The number of aromatic nitrogens is 2. The molecule has 0 saturated carbocycles. The Morgan fingerprint density at radius 1 is 1.18 bits per heavy atom. The van der Waals surface area contributed by atoms with E-state index < -0.39 is 23.2 Å². The van der Waals surface area contributed by atoms with Crippen LogP contribution < -0.4 is 5.56 Å². The van der Waals surface area contributed by atoms with Gasteiger partial charge in [0.2, 0.25) is 0 Å². The number of hydrogen-bond acceptors (Lipinski definition) is 1. The Balaban J connectivity index is 2.59. The minimum Gasteiger partial charge on any atom is -0.286 e. The van der Waals surface area contributed by atoms with Crippen LogP contribution in [0.25, 0.3) is 5.69 Å². The number of halogens is 4. The summed E-state index contributed by atoms with van der Waals surface area (Å²) >= 11 is 0. The molecule has 0 aliphatic carbocycles. The van der Waals surface area contributed by atoms with Crippen LogP contribution in [-0.4, -0.2) is 9.78 Å². The molecule has 0 radical (unpaired) electrons. The Kier molecular flexibility index (Phi) is 2.53. The van der Waals surface area contributed by atoms with Crippen molar-refractivity contribution in [3.05, 3.63) is 52.2 Å². The van der Waals surface area contributed by atoms with Crippen LogP contribution in [0, 0.1) is 5.82 Å². The Morgan fingerprint density at radius 3 is 2.35 bits per heavy atom. The van der Waals surface area contributed by atoms with Gasteiger partial charge in [0.1, 0.15) is 17.2 Å². The van der Waals surface area contributed by atoms with Gasteiger partial charge in [0, 0.05) is 6.07 Å². The minimum atomic E-state index is -4.67. The summed E-state index contributed by atoms with van der Waals surface area (Å²) in [5.41, 5.74) is -2.44. The molecule has 3 nitrogen and oxygen atoms in total. The zero-order chi connectivity index (χ0) is 12.6. The van der Waals surface area contributed by atoms with Gasteiger partial charge in [0.05, 0.1) is 0 Å². The van der Waals surface area contributed by atoms with Crippen molar-refractivity contribution in [1.82, 2.24) is 9.78 Å². The molecule has 0 saturated heterocycles. The van der Waals surface area contributed by atoms with Crippen LogP contribution in [-0.2, 0) is 6.18 Å². The molecule has 1 aromatic carbocycles. The molecule has 1 heterocycles. The number of benzene rings is 1.